The van der Waals surface area contributed by atoms with E-state index in [2.05, 4.69) is 4.98 Å². The molecule has 186 valence electrons. The highest BCUT2D eigenvalue weighted by Gasteiger charge is 2.23. The van der Waals surface area contributed by atoms with Crippen LogP contribution >= 0.6 is 11.6 Å². The van der Waals surface area contributed by atoms with Crippen molar-refractivity contribution in [3.8, 4) is 11.5 Å². The molecule has 0 spiro atoms. The summed E-state index contributed by atoms with van der Waals surface area (Å²) in [5, 5.41) is 0.0289. The summed E-state index contributed by atoms with van der Waals surface area (Å²) in [4.78, 5) is 16.5. The minimum Gasteiger partial charge on any atom is -0.492 e. The molecule has 1 amide bonds. The lowest BCUT2D eigenvalue weighted by molar-refractivity contribution is 0.0977. The van der Waals surface area contributed by atoms with Crippen LogP contribution in [-0.4, -0.2) is 30.5 Å². The van der Waals surface area contributed by atoms with Crippen LogP contribution < -0.4 is 14.2 Å². The number of rotatable bonds is 9. The topological polar surface area (TPSA) is 99.5 Å². The highest BCUT2D eigenvalue weighted by atomic mass is 35.5. The van der Waals surface area contributed by atoms with Gasteiger partial charge in [-0.25, -0.2) is 22.5 Å². The normalized spacial score (nSPS) is 14.1. The number of ether oxygens (including phenoxy) is 2. The van der Waals surface area contributed by atoms with Gasteiger partial charge in [0.1, 0.15) is 29.7 Å². The zero-order chi connectivity index (χ0) is 25.0. The summed E-state index contributed by atoms with van der Waals surface area (Å²) in [5.41, 5.74) is -0.498. The van der Waals surface area contributed by atoms with Gasteiger partial charge in [-0.05, 0) is 49.1 Å². The Labute approximate surface area is 208 Å². The number of nitrogens with zero attached hydrogens (tertiary/aromatic N) is 2. The van der Waals surface area contributed by atoms with Gasteiger partial charge in [-0.1, -0.05) is 24.4 Å². The van der Waals surface area contributed by atoms with E-state index in [9.17, 15) is 17.6 Å². The van der Waals surface area contributed by atoms with Crippen LogP contribution in [-0.2, 0) is 23.7 Å². The maximum atomic E-state index is 14.6. The molecule has 0 unspecified atom stereocenters. The van der Waals surface area contributed by atoms with E-state index in [1.54, 1.807) is 17.0 Å². The van der Waals surface area contributed by atoms with Gasteiger partial charge in [-0.2, -0.15) is 0 Å². The predicted molar refractivity (Wildman–Crippen MR) is 127 cm³/mol. The number of aromatic nitrogens is 2. The first-order valence-corrected chi connectivity index (χ1v) is 13.0. The molecule has 35 heavy (non-hydrogen) atoms. The van der Waals surface area contributed by atoms with Gasteiger partial charge in [-0.3, -0.25) is 4.79 Å². The van der Waals surface area contributed by atoms with Crippen molar-refractivity contribution in [3.63, 3.8) is 0 Å². The van der Waals surface area contributed by atoms with E-state index in [1.807, 2.05) is 11.8 Å². The minimum absolute atomic E-state index is 0.0289. The number of hydrogen-bond acceptors (Lipinski definition) is 6. The lowest BCUT2D eigenvalue weighted by Crippen LogP contribution is -2.31. The Morgan fingerprint density at radius 1 is 1.20 bits per heavy atom. The van der Waals surface area contributed by atoms with Gasteiger partial charge in [0, 0.05) is 25.5 Å². The molecule has 1 aliphatic rings. The molecule has 11 heteroatoms. The number of benzene rings is 2. The SMILES string of the molecule is Cn1ccnc1COc1ccc(S(=O)(=O)NC(=O)c2cc(Cl)c(OCC3CCCC3)cc2F)cc1. The molecule has 1 heterocycles. The van der Waals surface area contributed by atoms with Crippen molar-refractivity contribution in [2.45, 2.75) is 37.2 Å². The lowest BCUT2D eigenvalue weighted by Gasteiger charge is -2.14. The molecule has 1 N–H and O–H groups in total. The summed E-state index contributed by atoms with van der Waals surface area (Å²) in [5.74, 6) is -0.428. The molecule has 0 radical (unpaired) electrons. The van der Waals surface area contributed by atoms with E-state index < -0.39 is 27.3 Å². The minimum atomic E-state index is -4.26. The van der Waals surface area contributed by atoms with Crippen molar-refractivity contribution in [2.75, 3.05) is 6.61 Å². The number of hydrogen-bond donors (Lipinski definition) is 1. The number of amides is 1. The highest BCUT2D eigenvalue weighted by Crippen LogP contribution is 2.31. The van der Waals surface area contributed by atoms with E-state index in [4.69, 9.17) is 21.1 Å². The van der Waals surface area contributed by atoms with E-state index in [-0.39, 0.29) is 22.3 Å². The molecular weight excluding hydrogens is 497 g/mol. The van der Waals surface area contributed by atoms with Crippen LogP contribution in [0.2, 0.25) is 5.02 Å². The molecule has 2 aromatic carbocycles. The summed E-state index contributed by atoms with van der Waals surface area (Å²) in [6.45, 7) is 0.618. The monoisotopic (exact) mass is 521 g/mol. The molecular formula is C24H25ClFN3O5S. The molecule has 0 aliphatic heterocycles. The Bertz CT molecular complexity index is 1310. The molecule has 1 aromatic heterocycles. The second-order valence-corrected chi connectivity index (χ2v) is 10.5. The van der Waals surface area contributed by atoms with E-state index in [1.165, 1.54) is 24.3 Å². The summed E-state index contributed by atoms with van der Waals surface area (Å²) in [6, 6.07) is 7.55. The maximum Gasteiger partial charge on any atom is 0.268 e. The number of halogens is 2. The first kappa shape index (κ1) is 25.0. The van der Waals surface area contributed by atoms with Crippen LogP contribution in [0.3, 0.4) is 0 Å². The number of sulfonamides is 1. The van der Waals surface area contributed by atoms with Crippen molar-refractivity contribution in [3.05, 3.63) is 71.0 Å². The Hall–Kier alpha value is -3.11. The van der Waals surface area contributed by atoms with E-state index in [0.29, 0.717) is 24.1 Å². The fraction of sp³-hybridized carbons (Fsp3) is 0.333. The number of nitrogens with one attached hydrogen (secondary N) is 1. The molecule has 1 saturated carbocycles. The lowest BCUT2D eigenvalue weighted by atomic mass is 10.1. The zero-order valence-corrected chi connectivity index (χ0v) is 20.6. The van der Waals surface area contributed by atoms with Crippen molar-refractivity contribution in [1.29, 1.82) is 0 Å². The molecule has 0 bridgehead atoms. The fourth-order valence-electron chi connectivity index (χ4n) is 3.83. The largest absolute Gasteiger partial charge is 0.492 e. The summed E-state index contributed by atoms with van der Waals surface area (Å²) < 4.78 is 54.9. The molecule has 1 aliphatic carbocycles. The van der Waals surface area contributed by atoms with Crippen molar-refractivity contribution >= 4 is 27.5 Å². The third kappa shape index (κ3) is 6.12. The summed E-state index contributed by atoms with van der Waals surface area (Å²) in [6.07, 6.45) is 7.81. The fourth-order valence-corrected chi connectivity index (χ4v) is 5.02. The van der Waals surface area contributed by atoms with Crippen LogP contribution in [0.15, 0.2) is 53.7 Å². The van der Waals surface area contributed by atoms with Gasteiger partial charge < -0.3 is 14.0 Å². The number of carbonyl (C=O) groups excluding carboxylic acids is 1. The van der Waals surface area contributed by atoms with Crippen LogP contribution in [0.25, 0.3) is 0 Å². The number of aryl methyl sites for hydroxylation is 1. The molecule has 0 saturated heterocycles. The van der Waals surface area contributed by atoms with Crippen LogP contribution in [0, 0.1) is 11.7 Å². The maximum absolute atomic E-state index is 14.6. The first-order valence-electron chi connectivity index (χ1n) is 11.1. The van der Waals surface area contributed by atoms with Crippen molar-refractivity contribution in [2.24, 2.45) is 13.0 Å². The van der Waals surface area contributed by atoms with E-state index in [0.717, 1.165) is 37.8 Å². The molecule has 1 fully saturated rings. The average Bonchev–Trinajstić information content (AvgIpc) is 3.49. The Kier molecular flexibility index (Phi) is 7.61. The zero-order valence-electron chi connectivity index (χ0n) is 19.0. The number of carbonyl (C=O) groups is 1. The van der Waals surface area contributed by atoms with Crippen molar-refractivity contribution in [1.82, 2.24) is 14.3 Å². The Morgan fingerprint density at radius 2 is 1.91 bits per heavy atom. The van der Waals surface area contributed by atoms with Gasteiger partial charge in [0.2, 0.25) is 0 Å². The van der Waals surface area contributed by atoms with Gasteiger partial charge in [0.25, 0.3) is 15.9 Å². The second-order valence-electron chi connectivity index (χ2n) is 8.37. The number of imidazole rings is 1. The molecule has 0 atom stereocenters. The van der Waals surface area contributed by atoms with E-state index >= 15 is 0 Å². The van der Waals surface area contributed by atoms with Gasteiger partial charge in [0.15, 0.2) is 0 Å². The van der Waals surface area contributed by atoms with Crippen LogP contribution in [0.1, 0.15) is 41.9 Å². The third-order valence-electron chi connectivity index (χ3n) is 5.87. The molecule has 4 rings (SSSR count). The predicted octanol–water partition coefficient (Wildman–Crippen LogP) is 4.48. The highest BCUT2D eigenvalue weighted by molar-refractivity contribution is 7.90. The second kappa shape index (κ2) is 10.7. The average molecular weight is 522 g/mol. The molecule has 3 aromatic rings. The van der Waals surface area contributed by atoms with Crippen LogP contribution in [0.4, 0.5) is 4.39 Å². The Morgan fingerprint density at radius 3 is 2.57 bits per heavy atom. The smallest absolute Gasteiger partial charge is 0.268 e. The van der Waals surface area contributed by atoms with Gasteiger partial charge >= 0.3 is 0 Å². The first-order chi connectivity index (χ1) is 16.7. The van der Waals surface area contributed by atoms with Gasteiger partial charge in [0.05, 0.1) is 22.1 Å². The summed E-state index contributed by atoms with van der Waals surface area (Å²) >= 11 is 6.17. The van der Waals surface area contributed by atoms with Crippen molar-refractivity contribution < 1.29 is 27.1 Å². The van der Waals surface area contributed by atoms with Gasteiger partial charge in [-0.15, -0.1) is 0 Å². The Balaban J connectivity index is 1.39. The third-order valence-corrected chi connectivity index (χ3v) is 7.51. The quantitative estimate of drug-likeness (QED) is 0.445. The standard InChI is InChI=1S/C24H25ClFN3O5S/c1-29-11-10-27-23(29)15-33-17-6-8-18(9-7-17)35(31,32)28-24(30)19-12-20(25)22(13-21(19)26)34-14-16-4-2-3-5-16/h6-13,16H,2-5,14-15H2,1H3,(H,28,30). The molecule has 8 nitrogen and oxygen atoms in total. The van der Waals surface area contributed by atoms with Crippen LogP contribution in [0.5, 0.6) is 11.5 Å². The summed E-state index contributed by atoms with van der Waals surface area (Å²) in [7, 11) is -2.43.